The molecule has 116 valence electrons. The van der Waals surface area contributed by atoms with Crippen LogP contribution in [0.1, 0.15) is 43.6 Å². The van der Waals surface area contributed by atoms with E-state index in [1.165, 1.54) is 37.7 Å². The van der Waals surface area contributed by atoms with Crippen molar-refractivity contribution in [2.75, 3.05) is 11.9 Å². The van der Waals surface area contributed by atoms with Crippen LogP contribution >= 0.6 is 0 Å². The molecule has 1 aromatic carbocycles. The number of hydrogen-bond acceptors (Lipinski definition) is 3. The Balaban J connectivity index is 1.64. The molecule has 1 aromatic rings. The standard InChI is InChI=1S/C17H20N2O3/c20-14-10-18-16(21)15(14)17(22)19-13-8-6-12(7-9-13)11-4-2-1-3-5-11/h6-9,11,15H,1-5,10H2,(H,18,21)(H,19,22). The van der Waals surface area contributed by atoms with Gasteiger partial charge in [0.2, 0.25) is 11.8 Å². The van der Waals surface area contributed by atoms with Crippen molar-refractivity contribution in [3.05, 3.63) is 29.8 Å². The number of ketones is 1. The van der Waals surface area contributed by atoms with Crippen LogP contribution in [-0.2, 0) is 14.4 Å². The van der Waals surface area contributed by atoms with Crippen LogP contribution in [0.3, 0.4) is 0 Å². The van der Waals surface area contributed by atoms with Gasteiger partial charge in [-0.3, -0.25) is 14.4 Å². The minimum atomic E-state index is -1.21. The Morgan fingerprint density at radius 2 is 1.73 bits per heavy atom. The summed E-state index contributed by atoms with van der Waals surface area (Å²) in [4.78, 5) is 35.0. The molecule has 2 amide bonds. The maximum absolute atomic E-state index is 12.0. The molecule has 1 saturated heterocycles. The number of nitrogens with one attached hydrogen (secondary N) is 2. The highest BCUT2D eigenvalue weighted by Crippen LogP contribution is 2.33. The lowest BCUT2D eigenvalue weighted by molar-refractivity contribution is -0.134. The van der Waals surface area contributed by atoms with Crippen molar-refractivity contribution in [1.82, 2.24) is 5.32 Å². The van der Waals surface area contributed by atoms with E-state index in [0.717, 1.165) is 0 Å². The quantitative estimate of drug-likeness (QED) is 0.838. The molecule has 1 atom stereocenters. The SMILES string of the molecule is O=C1CNC(=O)C1C(=O)Nc1ccc(C2CCCCC2)cc1. The van der Waals surface area contributed by atoms with Gasteiger partial charge in [-0.1, -0.05) is 31.4 Å². The Morgan fingerprint density at radius 3 is 2.32 bits per heavy atom. The van der Waals surface area contributed by atoms with Crippen LogP contribution in [0.25, 0.3) is 0 Å². The maximum atomic E-state index is 12.0. The van der Waals surface area contributed by atoms with Gasteiger partial charge in [0, 0.05) is 5.69 Å². The van der Waals surface area contributed by atoms with Crippen molar-refractivity contribution in [2.45, 2.75) is 38.0 Å². The van der Waals surface area contributed by atoms with Gasteiger partial charge in [-0.15, -0.1) is 0 Å². The van der Waals surface area contributed by atoms with Crippen LogP contribution < -0.4 is 10.6 Å². The zero-order valence-electron chi connectivity index (χ0n) is 12.4. The number of amides is 2. The normalized spacial score (nSPS) is 22.5. The van der Waals surface area contributed by atoms with E-state index in [-0.39, 0.29) is 12.3 Å². The summed E-state index contributed by atoms with van der Waals surface area (Å²) in [6.07, 6.45) is 6.33. The lowest BCUT2D eigenvalue weighted by Gasteiger charge is -2.22. The summed E-state index contributed by atoms with van der Waals surface area (Å²) in [6.45, 7) is -0.0580. The van der Waals surface area contributed by atoms with Gasteiger partial charge in [0.15, 0.2) is 11.7 Å². The molecular formula is C17H20N2O3. The Bertz CT molecular complexity index is 572. The summed E-state index contributed by atoms with van der Waals surface area (Å²) in [5, 5.41) is 5.04. The Labute approximate surface area is 129 Å². The van der Waals surface area contributed by atoms with Crippen molar-refractivity contribution >= 4 is 23.3 Å². The van der Waals surface area contributed by atoms with E-state index >= 15 is 0 Å². The number of Topliss-reactive ketones (excluding diaryl/α,β-unsaturated/α-hetero) is 1. The largest absolute Gasteiger partial charge is 0.348 e. The zero-order valence-corrected chi connectivity index (χ0v) is 12.4. The first-order valence-corrected chi connectivity index (χ1v) is 7.86. The van der Waals surface area contributed by atoms with Gasteiger partial charge >= 0.3 is 0 Å². The molecule has 1 aliphatic heterocycles. The molecular weight excluding hydrogens is 280 g/mol. The predicted octanol–water partition coefficient (Wildman–Crippen LogP) is 1.99. The Morgan fingerprint density at radius 1 is 1.05 bits per heavy atom. The van der Waals surface area contributed by atoms with Gasteiger partial charge in [0.1, 0.15) is 0 Å². The third-order valence-corrected chi connectivity index (χ3v) is 4.54. The second kappa shape index (κ2) is 6.30. The lowest BCUT2D eigenvalue weighted by atomic mass is 9.84. The number of benzene rings is 1. The lowest BCUT2D eigenvalue weighted by Crippen LogP contribution is -2.32. The molecule has 1 unspecified atom stereocenters. The van der Waals surface area contributed by atoms with Gasteiger partial charge in [-0.2, -0.15) is 0 Å². The van der Waals surface area contributed by atoms with Crippen molar-refractivity contribution in [1.29, 1.82) is 0 Å². The minimum absolute atomic E-state index is 0.0580. The van der Waals surface area contributed by atoms with E-state index in [9.17, 15) is 14.4 Å². The highest BCUT2D eigenvalue weighted by Gasteiger charge is 2.38. The predicted molar refractivity (Wildman–Crippen MR) is 82.4 cm³/mol. The van der Waals surface area contributed by atoms with Crippen LogP contribution in [0.15, 0.2) is 24.3 Å². The summed E-state index contributed by atoms with van der Waals surface area (Å²) in [6, 6.07) is 7.75. The Kier molecular flexibility index (Phi) is 4.22. The Hall–Kier alpha value is -2.17. The smallest absolute Gasteiger partial charge is 0.244 e. The van der Waals surface area contributed by atoms with Crippen LogP contribution in [0.4, 0.5) is 5.69 Å². The first kappa shape index (κ1) is 14.8. The molecule has 0 bridgehead atoms. The molecule has 5 heteroatoms. The number of carbonyl (C=O) groups excluding carboxylic acids is 3. The van der Waals surface area contributed by atoms with Gasteiger partial charge < -0.3 is 10.6 Å². The third-order valence-electron chi connectivity index (χ3n) is 4.54. The molecule has 0 radical (unpaired) electrons. The fourth-order valence-electron chi connectivity index (χ4n) is 3.28. The number of carbonyl (C=O) groups is 3. The highest BCUT2D eigenvalue weighted by atomic mass is 16.2. The zero-order chi connectivity index (χ0) is 15.5. The van der Waals surface area contributed by atoms with Crippen LogP contribution in [0.2, 0.25) is 0 Å². The van der Waals surface area contributed by atoms with Crippen LogP contribution in [0.5, 0.6) is 0 Å². The van der Waals surface area contributed by atoms with Crippen molar-refractivity contribution in [3.63, 3.8) is 0 Å². The summed E-state index contributed by atoms with van der Waals surface area (Å²) in [5.41, 5.74) is 1.92. The average Bonchev–Trinajstić information content (AvgIpc) is 2.88. The summed E-state index contributed by atoms with van der Waals surface area (Å²) >= 11 is 0. The van der Waals surface area contributed by atoms with E-state index in [4.69, 9.17) is 0 Å². The average molecular weight is 300 g/mol. The first-order chi connectivity index (χ1) is 10.6. The summed E-state index contributed by atoms with van der Waals surface area (Å²) in [5.74, 6) is -2.04. The molecule has 0 spiro atoms. The second-order valence-corrected chi connectivity index (χ2v) is 6.06. The molecule has 5 nitrogen and oxygen atoms in total. The van der Waals surface area contributed by atoms with E-state index < -0.39 is 17.7 Å². The monoisotopic (exact) mass is 300 g/mol. The maximum Gasteiger partial charge on any atom is 0.244 e. The van der Waals surface area contributed by atoms with Crippen molar-refractivity contribution < 1.29 is 14.4 Å². The number of rotatable bonds is 3. The van der Waals surface area contributed by atoms with Crippen LogP contribution in [0, 0.1) is 5.92 Å². The first-order valence-electron chi connectivity index (χ1n) is 7.86. The number of anilines is 1. The molecule has 2 aliphatic rings. The van der Waals surface area contributed by atoms with Crippen molar-refractivity contribution in [3.8, 4) is 0 Å². The van der Waals surface area contributed by atoms with Gasteiger partial charge in [0.05, 0.1) is 6.54 Å². The molecule has 1 saturated carbocycles. The molecule has 3 rings (SSSR count). The summed E-state index contributed by atoms with van der Waals surface area (Å²) < 4.78 is 0. The van der Waals surface area contributed by atoms with E-state index in [1.807, 2.05) is 24.3 Å². The molecule has 0 aromatic heterocycles. The van der Waals surface area contributed by atoms with E-state index in [0.29, 0.717) is 11.6 Å². The number of hydrogen-bond donors (Lipinski definition) is 2. The fourth-order valence-corrected chi connectivity index (χ4v) is 3.28. The van der Waals surface area contributed by atoms with Gasteiger partial charge in [-0.25, -0.2) is 0 Å². The third kappa shape index (κ3) is 3.03. The minimum Gasteiger partial charge on any atom is -0.348 e. The summed E-state index contributed by atoms with van der Waals surface area (Å²) in [7, 11) is 0. The van der Waals surface area contributed by atoms with E-state index in [2.05, 4.69) is 10.6 Å². The molecule has 2 N–H and O–H groups in total. The highest BCUT2D eigenvalue weighted by molar-refractivity contribution is 6.25. The fraction of sp³-hybridized carbons (Fsp3) is 0.471. The van der Waals surface area contributed by atoms with Crippen molar-refractivity contribution in [2.24, 2.45) is 5.92 Å². The molecule has 1 heterocycles. The van der Waals surface area contributed by atoms with Gasteiger partial charge in [-0.05, 0) is 36.5 Å². The second-order valence-electron chi connectivity index (χ2n) is 6.06. The molecule has 22 heavy (non-hydrogen) atoms. The topological polar surface area (TPSA) is 75.3 Å². The van der Waals surface area contributed by atoms with Gasteiger partial charge in [0.25, 0.3) is 0 Å². The molecule has 1 aliphatic carbocycles. The van der Waals surface area contributed by atoms with E-state index in [1.54, 1.807) is 0 Å². The molecule has 2 fully saturated rings. The van der Waals surface area contributed by atoms with Crippen LogP contribution in [-0.4, -0.2) is 24.1 Å².